The summed E-state index contributed by atoms with van der Waals surface area (Å²) in [6.07, 6.45) is 1.69. The van der Waals surface area contributed by atoms with Crippen molar-refractivity contribution in [3.05, 3.63) is 29.8 Å². The Hall–Kier alpha value is -1.88. The zero-order valence-corrected chi connectivity index (χ0v) is 11.2. The molecule has 0 bridgehead atoms. The van der Waals surface area contributed by atoms with Crippen molar-refractivity contribution in [2.75, 3.05) is 11.9 Å². The van der Waals surface area contributed by atoms with Crippen LogP contribution in [0.2, 0.25) is 0 Å². The molecule has 1 rings (SSSR count). The highest BCUT2D eigenvalue weighted by atomic mass is 16.2. The summed E-state index contributed by atoms with van der Waals surface area (Å²) in [6.45, 7) is 2.79. The fourth-order valence-electron chi connectivity index (χ4n) is 1.58. The van der Waals surface area contributed by atoms with Crippen molar-refractivity contribution >= 4 is 17.5 Å². The predicted molar refractivity (Wildman–Crippen MR) is 75.5 cm³/mol. The van der Waals surface area contributed by atoms with Gasteiger partial charge in [0.25, 0.3) is 0 Å². The fourth-order valence-corrected chi connectivity index (χ4v) is 1.58. The molecule has 0 aliphatic heterocycles. The van der Waals surface area contributed by atoms with Gasteiger partial charge in [-0.2, -0.15) is 0 Å². The third-order valence-electron chi connectivity index (χ3n) is 2.58. The average Bonchev–Trinajstić information content (AvgIpc) is 2.38. The van der Waals surface area contributed by atoms with Crippen LogP contribution in [0.25, 0.3) is 0 Å². The summed E-state index contributed by atoms with van der Waals surface area (Å²) in [4.78, 5) is 22.7. The summed E-state index contributed by atoms with van der Waals surface area (Å²) in [5, 5.41) is 5.59. The number of anilines is 1. The van der Waals surface area contributed by atoms with E-state index in [1.807, 2.05) is 31.2 Å². The first kappa shape index (κ1) is 15.2. The Balaban J connectivity index is 2.43. The van der Waals surface area contributed by atoms with E-state index in [1.54, 1.807) is 0 Å². The summed E-state index contributed by atoms with van der Waals surface area (Å²) in [5.74, 6) is -0.0330. The van der Waals surface area contributed by atoms with Gasteiger partial charge in [0.1, 0.15) is 0 Å². The molecule has 19 heavy (non-hydrogen) atoms. The molecule has 5 heteroatoms. The Bertz CT molecular complexity index is 415. The van der Waals surface area contributed by atoms with Crippen LogP contribution in [-0.4, -0.2) is 18.4 Å². The number of rotatable bonds is 7. The van der Waals surface area contributed by atoms with E-state index in [-0.39, 0.29) is 11.8 Å². The van der Waals surface area contributed by atoms with Crippen LogP contribution < -0.4 is 16.4 Å². The minimum atomic E-state index is -0.0529. The molecule has 0 aliphatic carbocycles. The van der Waals surface area contributed by atoms with Crippen LogP contribution in [0.3, 0.4) is 0 Å². The number of hydrogen-bond acceptors (Lipinski definition) is 3. The second-order valence-corrected chi connectivity index (χ2v) is 4.31. The van der Waals surface area contributed by atoms with E-state index in [0.717, 1.165) is 17.7 Å². The Morgan fingerprint density at radius 2 is 1.79 bits per heavy atom. The molecule has 0 saturated heterocycles. The molecule has 0 fully saturated rings. The first-order valence-corrected chi connectivity index (χ1v) is 6.51. The molecule has 0 saturated carbocycles. The molecule has 0 radical (unpaired) electrons. The highest BCUT2D eigenvalue weighted by Gasteiger charge is 2.02. The number of nitrogens with one attached hydrogen (secondary N) is 2. The lowest BCUT2D eigenvalue weighted by molar-refractivity contribution is -0.121. The average molecular weight is 263 g/mol. The molecule has 4 N–H and O–H groups in total. The monoisotopic (exact) mass is 263 g/mol. The quantitative estimate of drug-likeness (QED) is 0.695. The van der Waals surface area contributed by atoms with E-state index in [1.165, 1.54) is 0 Å². The maximum atomic E-state index is 11.4. The van der Waals surface area contributed by atoms with Crippen LogP contribution in [0.15, 0.2) is 24.3 Å². The lowest BCUT2D eigenvalue weighted by Crippen LogP contribution is -2.24. The lowest BCUT2D eigenvalue weighted by atomic mass is 10.2. The van der Waals surface area contributed by atoms with Gasteiger partial charge >= 0.3 is 0 Å². The second-order valence-electron chi connectivity index (χ2n) is 4.31. The Morgan fingerprint density at radius 1 is 1.11 bits per heavy atom. The highest BCUT2D eigenvalue weighted by Crippen LogP contribution is 2.10. The first-order valence-electron chi connectivity index (χ1n) is 6.51. The molecule has 1 aromatic carbocycles. The normalized spacial score (nSPS) is 10.0. The molecular formula is C14H21N3O2. The van der Waals surface area contributed by atoms with E-state index in [4.69, 9.17) is 5.73 Å². The summed E-state index contributed by atoms with van der Waals surface area (Å²) >= 11 is 0. The molecule has 0 aromatic heterocycles. The predicted octanol–water partition coefficient (Wildman–Crippen LogP) is 1.39. The van der Waals surface area contributed by atoms with Crippen LogP contribution in [0.5, 0.6) is 0 Å². The van der Waals surface area contributed by atoms with Crippen molar-refractivity contribution in [3.8, 4) is 0 Å². The van der Waals surface area contributed by atoms with Gasteiger partial charge in [0, 0.05) is 31.6 Å². The van der Waals surface area contributed by atoms with Crippen molar-refractivity contribution in [1.29, 1.82) is 0 Å². The largest absolute Gasteiger partial charge is 0.352 e. The van der Waals surface area contributed by atoms with E-state index >= 15 is 0 Å². The molecule has 2 amide bonds. The molecule has 0 aliphatic rings. The molecule has 0 unspecified atom stereocenters. The highest BCUT2D eigenvalue weighted by molar-refractivity contribution is 5.90. The smallest absolute Gasteiger partial charge is 0.224 e. The number of amides is 2. The third-order valence-corrected chi connectivity index (χ3v) is 2.58. The van der Waals surface area contributed by atoms with Gasteiger partial charge in [-0.1, -0.05) is 19.1 Å². The van der Waals surface area contributed by atoms with Crippen LogP contribution in [0.1, 0.15) is 31.7 Å². The zero-order chi connectivity index (χ0) is 14.1. The zero-order valence-electron chi connectivity index (χ0n) is 11.2. The molecular weight excluding hydrogens is 242 g/mol. The number of hydrogen-bond donors (Lipinski definition) is 3. The second kappa shape index (κ2) is 8.26. The van der Waals surface area contributed by atoms with Gasteiger partial charge in [0.2, 0.25) is 11.8 Å². The number of carbonyl (C=O) groups excluding carboxylic acids is 2. The summed E-state index contributed by atoms with van der Waals surface area (Å²) in [7, 11) is 0. The minimum absolute atomic E-state index is 0.0199. The van der Waals surface area contributed by atoms with Crippen LogP contribution in [-0.2, 0) is 16.1 Å². The number of carbonyl (C=O) groups is 2. The van der Waals surface area contributed by atoms with Gasteiger partial charge in [-0.05, 0) is 24.1 Å². The topological polar surface area (TPSA) is 84.2 Å². The van der Waals surface area contributed by atoms with Gasteiger partial charge in [0.05, 0.1) is 0 Å². The maximum Gasteiger partial charge on any atom is 0.224 e. The Morgan fingerprint density at radius 3 is 2.37 bits per heavy atom. The third kappa shape index (κ3) is 6.01. The molecule has 104 valence electrons. The Labute approximate surface area is 113 Å². The minimum Gasteiger partial charge on any atom is -0.352 e. The molecule has 1 aromatic rings. The summed E-state index contributed by atoms with van der Waals surface area (Å²) < 4.78 is 0. The van der Waals surface area contributed by atoms with Crippen molar-refractivity contribution in [3.63, 3.8) is 0 Å². The van der Waals surface area contributed by atoms with Gasteiger partial charge in [-0.15, -0.1) is 0 Å². The standard InChI is InChI=1S/C14H21N3O2/c1-2-3-14(19)17-12-6-4-11(5-7-12)10-16-13(18)8-9-15/h4-7H,2-3,8-10,15H2,1H3,(H,16,18)(H,17,19). The van der Waals surface area contributed by atoms with Gasteiger partial charge in [0.15, 0.2) is 0 Å². The molecule has 5 nitrogen and oxygen atoms in total. The van der Waals surface area contributed by atoms with Crippen molar-refractivity contribution in [1.82, 2.24) is 5.32 Å². The fraction of sp³-hybridized carbons (Fsp3) is 0.429. The maximum absolute atomic E-state index is 11.4. The van der Waals surface area contributed by atoms with Crippen LogP contribution in [0.4, 0.5) is 5.69 Å². The van der Waals surface area contributed by atoms with Crippen LogP contribution in [0, 0.1) is 0 Å². The summed E-state index contributed by atoms with van der Waals surface area (Å²) in [5.41, 5.74) is 7.05. The van der Waals surface area contributed by atoms with Crippen molar-refractivity contribution < 1.29 is 9.59 Å². The molecule has 0 spiro atoms. The Kier molecular flexibility index (Phi) is 6.60. The van der Waals surface area contributed by atoms with E-state index < -0.39 is 0 Å². The SMILES string of the molecule is CCCC(=O)Nc1ccc(CNC(=O)CCN)cc1. The summed E-state index contributed by atoms with van der Waals surface area (Å²) in [6, 6.07) is 7.42. The molecule has 0 atom stereocenters. The first-order chi connectivity index (χ1) is 9.15. The van der Waals surface area contributed by atoms with Gasteiger partial charge < -0.3 is 16.4 Å². The van der Waals surface area contributed by atoms with Crippen molar-refractivity contribution in [2.45, 2.75) is 32.7 Å². The van der Waals surface area contributed by atoms with E-state index in [9.17, 15) is 9.59 Å². The number of benzene rings is 1. The van der Waals surface area contributed by atoms with E-state index in [0.29, 0.717) is 25.9 Å². The van der Waals surface area contributed by atoms with Crippen LogP contribution >= 0.6 is 0 Å². The van der Waals surface area contributed by atoms with E-state index in [2.05, 4.69) is 10.6 Å². The van der Waals surface area contributed by atoms with Gasteiger partial charge in [-0.25, -0.2) is 0 Å². The number of nitrogens with two attached hydrogens (primary N) is 1. The van der Waals surface area contributed by atoms with Gasteiger partial charge in [-0.3, -0.25) is 9.59 Å². The molecule has 0 heterocycles. The van der Waals surface area contributed by atoms with Crippen molar-refractivity contribution in [2.24, 2.45) is 5.73 Å². The lowest BCUT2D eigenvalue weighted by Gasteiger charge is -2.07.